The Labute approximate surface area is 173 Å². The van der Waals surface area contributed by atoms with Crippen molar-refractivity contribution < 1.29 is 9.53 Å². The van der Waals surface area contributed by atoms with Crippen molar-refractivity contribution in [3.63, 3.8) is 0 Å². The van der Waals surface area contributed by atoms with Crippen LogP contribution in [0.15, 0.2) is 29.3 Å². The van der Waals surface area contributed by atoms with E-state index in [0.29, 0.717) is 18.9 Å². The van der Waals surface area contributed by atoms with Gasteiger partial charge in [0.2, 0.25) is 5.91 Å². The third kappa shape index (κ3) is 7.11. The number of hydrogen-bond donors (Lipinski definition) is 2. The van der Waals surface area contributed by atoms with Gasteiger partial charge in [-0.25, -0.2) is 0 Å². The molecule has 1 heterocycles. The lowest BCUT2D eigenvalue weighted by Gasteiger charge is -2.34. The van der Waals surface area contributed by atoms with Gasteiger partial charge in [0.05, 0.1) is 6.61 Å². The van der Waals surface area contributed by atoms with Crippen LogP contribution >= 0.6 is 24.0 Å². The van der Waals surface area contributed by atoms with Crippen LogP contribution in [0.3, 0.4) is 0 Å². The minimum absolute atomic E-state index is 0. The number of benzene rings is 1. The molecule has 1 aliphatic heterocycles. The number of guanidine groups is 1. The Bertz CT molecular complexity index is 569. The van der Waals surface area contributed by atoms with E-state index >= 15 is 0 Å². The minimum Gasteiger partial charge on any atom is -0.380 e. The lowest BCUT2D eigenvalue weighted by atomic mass is 9.93. The molecule has 1 fully saturated rings. The number of carbonyl (C=O) groups is 1. The van der Waals surface area contributed by atoms with Crippen LogP contribution in [0.2, 0.25) is 0 Å². The molecular weight excluding hydrogens is 443 g/mol. The van der Waals surface area contributed by atoms with E-state index in [1.807, 2.05) is 7.05 Å². The first-order valence-electron chi connectivity index (χ1n) is 8.89. The first-order valence-corrected chi connectivity index (χ1v) is 8.89. The van der Waals surface area contributed by atoms with Crippen LogP contribution < -0.4 is 10.6 Å². The van der Waals surface area contributed by atoms with Crippen LogP contribution in [0.5, 0.6) is 0 Å². The summed E-state index contributed by atoms with van der Waals surface area (Å²) in [6.07, 6.45) is 2.68. The molecule has 0 radical (unpaired) electrons. The Balaban J connectivity index is 0.00000338. The van der Waals surface area contributed by atoms with E-state index in [-0.39, 0.29) is 29.9 Å². The molecule has 1 aromatic carbocycles. The molecule has 0 unspecified atom stereocenters. The maximum atomic E-state index is 11.5. The highest BCUT2D eigenvalue weighted by molar-refractivity contribution is 14.0. The fourth-order valence-electron chi connectivity index (χ4n) is 3.15. The van der Waals surface area contributed by atoms with Crippen LogP contribution in [-0.2, 0) is 22.7 Å². The van der Waals surface area contributed by atoms with Crippen LogP contribution in [0, 0.1) is 5.92 Å². The summed E-state index contributed by atoms with van der Waals surface area (Å²) in [4.78, 5) is 18.2. The summed E-state index contributed by atoms with van der Waals surface area (Å²) >= 11 is 0. The highest BCUT2D eigenvalue weighted by Crippen LogP contribution is 2.20. The van der Waals surface area contributed by atoms with Crippen molar-refractivity contribution in [2.75, 3.05) is 34.3 Å². The van der Waals surface area contributed by atoms with Gasteiger partial charge in [0, 0.05) is 47.3 Å². The quantitative estimate of drug-likeness (QED) is 0.378. The number of nitrogens with one attached hydrogen (secondary N) is 2. The Morgan fingerprint density at radius 3 is 2.38 bits per heavy atom. The molecule has 0 saturated carbocycles. The number of piperidine rings is 1. The van der Waals surface area contributed by atoms with Gasteiger partial charge in [0.1, 0.15) is 0 Å². The van der Waals surface area contributed by atoms with E-state index in [1.165, 1.54) is 11.1 Å². The first kappa shape index (κ1) is 22.7. The molecule has 2 rings (SSSR count). The number of methoxy groups -OCH3 is 1. The van der Waals surface area contributed by atoms with Crippen molar-refractivity contribution in [3.05, 3.63) is 35.4 Å². The van der Waals surface area contributed by atoms with E-state index in [2.05, 4.69) is 44.8 Å². The molecule has 1 aliphatic rings. The average molecular weight is 474 g/mol. The molecule has 1 amide bonds. The fraction of sp³-hybridized carbons (Fsp3) is 0.579. The molecule has 2 N–H and O–H groups in total. The molecule has 0 spiro atoms. The highest BCUT2D eigenvalue weighted by Gasteiger charge is 2.22. The maximum Gasteiger partial charge on any atom is 0.220 e. The Hall–Kier alpha value is -1.35. The molecule has 0 aliphatic carbocycles. The first-order chi connectivity index (χ1) is 12.2. The number of amides is 1. The highest BCUT2D eigenvalue weighted by atomic mass is 127. The molecule has 6 nitrogen and oxygen atoms in total. The van der Waals surface area contributed by atoms with Crippen LogP contribution in [-0.4, -0.2) is 51.1 Å². The fourth-order valence-corrected chi connectivity index (χ4v) is 3.15. The van der Waals surface area contributed by atoms with Gasteiger partial charge in [-0.2, -0.15) is 0 Å². The Morgan fingerprint density at radius 2 is 1.85 bits per heavy atom. The van der Waals surface area contributed by atoms with E-state index in [9.17, 15) is 4.79 Å². The normalized spacial score (nSPS) is 15.3. The molecule has 0 bridgehead atoms. The lowest BCUT2D eigenvalue weighted by Crippen LogP contribution is -2.45. The molecule has 0 atom stereocenters. The summed E-state index contributed by atoms with van der Waals surface area (Å²) < 4.78 is 5.14. The molecule has 146 valence electrons. The number of carbonyl (C=O) groups excluding carboxylic acids is 1. The van der Waals surface area contributed by atoms with Crippen LogP contribution in [0.25, 0.3) is 0 Å². The molecule has 7 heteroatoms. The number of halogens is 1. The summed E-state index contributed by atoms with van der Waals surface area (Å²) in [7, 11) is 5.23. The smallest absolute Gasteiger partial charge is 0.220 e. The third-order valence-electron chi connectivity index (χ3n) is 4.66. The number of ether oxygens (including phenoxy) is 1. The summed E-state index contributed by atoms with van der Waals surface area (Å²) in [5.41, 5.74) is 2.39. The van der Waals surface area contributed by atoms with Gasteiger partial charge in [-0.15, -0.1) is 24.0 Å². The predicted octanol–water partition coefficient (Wildman–Crippen LogP) is 2.37. The third-order valence-corrected chi connectivity index (χ3v) is 4.66. The van der Waals surface area contributed by atoms with Gasteiger partial charge in [-0.05, 0) is 29.9 Å². The minimum atomic E-state index is 0. The molecule has 26 heavy (non-hydrogen) atoms. The Morgan fingerprint density at radius 1 is 1.23 bits per heavy atom. The standard InChI is InChI=1S/C19H30N4O2.HI/c1-20-18(24)12-15-8-10-23(11-9-15)19(21-2)22-13-16-4-6-17(7-5-16)14-25-3;/h4-7,15H,8-14H2,1-3H3,(H,20,24)(H,21,22);1H. The van der Waals surface area contributed by atoms with Crippen LogP contribution in [0.4, 0.5) is 0 Å². The van der Waals surface area contributed by atoms with E-state index < -0.39 is 0 Å². The van der Waals surface area contributed by atoms with E-state index in [0.717, 1.165) is 38.4 Å². The van der Waals surface area contributed by atoms with Gasteiger partial charge in [0.15, 0.2) is 5.96 Å². The zero-order chi connectivity index (χ0) is 18.1. The maximum absolute atomic E-state index is 11.5. The van der Waals surface area contributed by atoms with E-state index in [1.54, 1.807) is 14.2 Å². The van der Waals surface area contributed by atoms with Crippen molar-refractivity contribution >= 4 is 35.8 Å². The summed E-state index contributed by atoms with van der Waals surface area (Å²) in [5, 5.41) is 6.15. The van der Waals surface area contributed by atoms with Crippen LogP contribution in [0.1, 0.15) is 30.4 Å². The Kier molecular flexibility index (Phi) is 10.6. The largest absolute Gasteiger partial charge is 0.380 e. The number of aliphatic imine (C=N–C) groups is 1. The predicted molar refractivity (Wildman–Crippen MR) is 116 cm³/mol. The zero-order valence-electron chi connectivity index (χ0n) is 16.0. The van der Waals surface area contributed by atoms with Crippen molar-refractivity contribution in [1.82, 2.24) is 15.5 Å². The van der Waals surface area contributed by atoms with Gasteiger partial charge in [0.25, 0.3) is 0 Å². The second-order valence-corrected chi connectivity index (χ2v) is 6.46. The second kappa shape index (κ2) is 12.1. The van der Waals surface area contributed by atoms with Gasteiger partial charge < -0.3 is 20.3 Å². The molecule has 0 aromatic heterocycles. The average Bonchev–Trinajstić information content (AvgIpc) is 2.65. The number of likely N-dealkylation sites (tertiary alicyclic amines) is 1. The van der Waals surface area contributed by atoms with Crippen molar-refractivity contribution in [2.24, 2.45) is 10.9 Å². The number of hydrogen-bond acceptors (Lipinski definition) is 3. The summed E-state index contributed by atoms with van der Waals surface area (Å²) in [5.74, 6) is 1.54. The van der Waals surface area contributed by atoms with E-state index in [4.69, 9.17) is 4.74 Å². The molecule has 1 aromatic rings. The topological polar surface area (TPSA) is 66.0 Å². The molecular formula is C19H31IN4O2. The van der Waals surface area contributed by atoms with Crippen molar-refractivity contribution in [2.45, 2.75) is 32.4 Å². The monoisotopic (exact) mass is 474 g/mol. The summed E-state index contributed by atoms with van der Waals surface area (Å²) in [6, 6.07) is 8.41. The van der Waals surface area contributed by atoms with Crippen molar-refractivity contribution in [1.29, 1.82) is 0 Å². The summed E-state index contributed by atoms with van der Waals surface area (Å²) in [6.45, 7) is 3.26. The lowest BCUT2D eigenvalue weighted by molar-refractivity contribution is -0.121. The van der Waals surface area contributed by atoms with Gasteiger partial charge >= 0.3 is 0 Å². The number of nitrogens with zero attached hydrogens (tertiary/aromatic N) is 2. The molecule has 1 saturated heterocycles. The number of rotatable bonds is 6. The van der Waals surface area contributed by atoms with Gasteiger partial charge in [-0.3, -0.25) is 9.79 Å². The SMILES string of the molecule is CN=C(NCc1ccc(COC)cc1)N1CCC(CC(=O)NC)CC1.I. The van der Waals surface area contributed by atoms with Crippen molar-refractivity contribution in [3.8, 4) is 0 Å². The second-order valence-electron chi connectivity index (χ2n) is 6.46. The van der Waals surface area contributed by atoms with Gasteiger partial charge in [-0.1, -0.05) is 24.3 Å². The zero-order valence-corrected chi connectivity index (χ0v) is 18.3.